The fraction of sp³-hybridized carbons (Fsp3) is 0.640. The van der Waals surface area contributed by atoms with Crippen LogP contribution in [0, 0.1) is 11.8 Å². The number of amides is 5. The first-order valence-electron chi connectivity index (χ1n) is 23.6. The lowest BCUT2D eigenvalue weighted by Gasteiger charge is -2.29. The molecular formula is C50H75N5O12. The van der Waals surface area contributed by atoms with Crippen LogP contribution in [0.15, 0.2) is 42.5 Å². The Labute approximate surface area is 395 Å². The zero-order chi connectivity index (χ0) is 50.0. The van der Waals surface area contributed by atoms with Crippen molar-refractivity contribution in [1.29, 1.82) is 0 Å². The minimum Gasteiger partial charge on any atom is -0.481 e. The van der Waals surface area contributed by atoms with E-state index in [0.29, 0.717) is 45.1 Å². The second kappa shape index (κ2) is 26.0. The summed E-state index contributed by atoms with van der Waals surface area (Å²) in [4.78, 5) is 103. The molecule has 1 aliphatic carbocycles. The van der Waals surface area contributed by atoms with Gasteiger partial charge in [0.15, 0.2) is 0 Å². The average molecular weight is 938 g/mol. The van der Waals surface area contributed by atoms with Crippen molar-refractivity contribution in [3.63, 3.8) is 0 Å². The summed E-state index contributed by atoms with van der Waals surface area (Å²) in [5.41, 5.74) is -1.64. The fourth-order valence-corrected chi connectivity index (χ4v) is 7.54. The molecule has 6 N–H and O–H groups in total. The van der Waals surface area contributed by atoms with E-state index in [-0.39, 0.29) is 81.0 Å². The molecule has 2 aromatic rings. The van der Waals surface area contributed by atoms with Gasteiger partial charge in [0.2, 0.25) is 17.7 Å². The van der Waals surface area contributed by atoms with Crippen molar-refractivity contribution >= 4 is 58.4 Å². The molecule has 372 valence electrons. The van der Waals surface area contributed by atoms with Crippen LogP contribution in [0.4, 0.5) is 4.79 Å². The normalized spacial score (nSPS) is 16.6. The monoisotopic (exact) mass is 938 g/mol. The van der Waals surface area contributed by atoms with Crippen LogP contribution in [0.3, 0.4) is 0 Å². The maximum Gasteiger partial charge on any atom is 0.329 e. The van der Waals surface area contributed by atoms with E-state index in [2.05, 4.69) is 26.6 Å². The number of fused-ring (bicyclic) bond motifs is 1. The van der Waals surface area contributed by atoms with Crippen molar-refractivity contribution in [3.05, 3.63) is 48.0 Å². The number of hydrogen-bond acceptors (Lipinski definition) is 11. The van der Waals surface area contributed by atoms with Crippen LogP contribution in [-0.2, 0) is 54.2 Å². The van der Waals surface area contributed by atoms with Crippen molar-refractivity contribution in [3.8, 4) is 0 Å². The molecule has 5 amide bonds. The largest absolute Gasteiger partial charge is 0.481 e. The quantitative estimate of drug-likeness (QED) is 0.0416. The third-order valence-electron chi connectivity index (χ3n) is 10.8. The van der Waals surface area contributed by atoms with Crippen LogP contribution in [0.1, 0.15) is 145 Å². The number of urea groups is 1. The molecule has 0 heterocycles. The molecular weight excluding hydrogens is 863 g/mol. The van der Waals surface area contributed by atoms with E-state index >= 15 is 0 Å². The summed E-state index contributed by atoms with van der Waals surface area (Å²) < 4.78 is 16.5. The lowest BCUT2D eigenvalue weighted by atomic mass is 9.81. The van der Waals surface area contributed by atoms with Gasteiger partial charge in [-0.25, -0.2) is 14.4 Å². The molecule has 0 unspecified atom stereocenters. The van der Waals surface area contributed by atoms with Gasteiger partial charge < -0.3 is 45.9 Å². The molecule has 17 nitrogen and oxygen atoms in total. The van der Waals surface area contributed by atoms with Crippen LogP contribution in [0.25, 0.3) is 10.8 Å². The first-order chi connectivity index (χ1) is 31.3. The van der Waals surface area contributed by atoms with Gasteiger partial charge >= 0.3 is 29.9 Å². The molecule has 0 radical (unpaired) electrons. The topological polar surface area (TPSA) is 245 Å². The third kappa shape index (κ3) is 22.5. The SMILES string of the molecule is CC(C)(C)OC(=O)CC[C@H](NC(=O)N[C@@H](CCCCNC(=O)[C@H](Cc1ccc2ccccc2c1)NC(=O)C1CCC(CNC(=O)CCCC(=O)O)CC1)C(=O)OC(C)(C)C)C(=O)OC(C)(C)C. The van der Waals surface area contributed by atoms with Crippen LogP contribution in [0.2, 0.25) is 0 Å². The molecule has 67 heavy (non-hydrogen) atoms. The molecule has 1 saturated carbocycles. The number of ether oxygens (including phenoxy) is 3. The highest BCUT2D eigenvalue weighted by molar-refractivity contribution is 5.90. The Morgan fingerprint density at radius 3 is 1.79 bits per heavy atom. The second-order valence-corrected chi connectivity index (χ2v) is 20.4. The summed E-state index contributed by atoms with van der Waals surface area (Å²) >= 11 is 0. The Bertz CT molecular complexity index is 2010. The van der Waals surface area contributed by atoms with Gasteiger partial charge in [0, 0.05) is 44.7 Å². The van der Waals surface area contributed by atoms with Crippen molar-refractivity contribution < 1.29 is 57.7 Å². The zero-order valence-electron chi connectivity index (χ0n) is 41.0. The van der Waals surface area contributed by atoms with Crippen molar-refractivity contribution in [2.45, 2.75) is 181 Å². The van der Waals surface area contributed by atoms with E-state index in [0.717, 1.165) is 16.3 Å². The summed E-state index contributed by atoms with van der Waals surface area (Å²) in [5, 5.41) is 24.9. The van der Waals surface area contributed by atoms with Crippen molar-refractivity contribution in [2.75, 3.05) is 13.1 Å². The molecule has 17 heteroatoms. The number of esters is 3. The molecule has 0 bridgehead atoms. The number of nitrogens with one attached hydrogen (secondary N) is 5. The predicted octanol–water partition coefficient (Wildman–Crippen LogP) is 6.17. The van der Waals surface area contributed by atoms with Gasteiger partial charge in [-0.2, -0.15) is 0 Å². The summed E-state index contributed by atoms with van der Waals surface area (Å²) in [7, 11) is 0. The van der Waals surface area contributed by atoms with Gasteiger partial charge in [-0.15, -0.1) is 0 Å². The number of rotatable bonds is 23. The van der Waals surface area contributed by atoms with Crippen LogP contribution >= 0.6 is 0 Å². The second-order valence-electron chi connectivity index (χ2n) is 20.4. The highest BCUT2D eigenvalue weighted by Crippen LogP contribution is 2.29. The zero-order valence-corrected chi connectivity index (χ0v) is 41.0. The molecule has 1 fully saturated rings. The van der Waals surface area contributed by atoms with E-state index < -0.39 is 64.8 Å². The van der Waals surface area contributed by atoms with Gasteiger partial charge in [-0.3, -0.25) is 24.0 Å². The Morgan fingerprint density at radius 1 is 0.627 bits per heavy atom. The van der Waals surface area contributed by atoms with E-state index in [1.807, 2.05) is 42.5 Å². The van der Waals surface area contributed by atoms with Crippen LogP contribution in [-0.4, -0.2) is 101 Å². The summed E-state index contributed by atoms with van der Waals surface area (Å²) in [5.74, 6) is -3.86. The predicted molar refractivity (Wildman–Crippen MR) is 252 cm³/mol. The number of carbonyl (C=O) groups excluding carboxylic acids is 7. The number of unbranched alkanes of at least 4 members (excludes halogenated alkanes) is 1. The number of aliphatic carboxylic acids is 1. The minimum atomic E-state index is -1.23. The van der Waals surface area contributed by atoms with Crippen LogP contribution < -0.4 is 26.6 Å². The number of carbonyl (C=O) groups is 8. The summed E-state index contributed by atoms with van der Waals surface area (Å²) in [6, 6.07) is 9.69. The molecule has 1 aliphatic rings. The lowest BCUT2D eigenvalue weighted by molar-refractivity contribution is -0.159. The number of hydrogen-bond donors (Lipinski definition) is 6. The third-order valence-corrected chi connectivity index (χ3v) is 10.8. The van der Waals surface area contributed by atoms with Gasteiger partial charge in [0.05, 0.1) is 0 Å². The smallest absolute Gasteiger partial charge is 0.329 e. The minimum absolute atomic E-state index is 0.0627. The molecule has 3 rings (SSSR count). The highest BCUT2D eigenvalue weighted by atomic mass is 16.6. The Hall–Kier alpha value is -5.74. The fourth-order valence-electron chi connectivity index (χ4n) is 7.54. The molecule has 2 aromatic carbocycles. The summed E-state index contributed by atoms with van der Waals surface area (Å²) in [6.45, 7) is 15.9. The summed E-state index contributed by atoms with van der Waals surface area (Å²) in [6.07, 6.45) is 3.82. The Kier molecular flexibility index (Phi) is 21.6. The molecule has 0 aromatic heterocycles. The first-order valence-corrected chi connectivity index (χ1v) is 23.6. The van der Waals surface area contributed by atoms with Gasteiger partial charge in [-0.1, -0.05) is 42.5 Å². The average Bonchev–Trinajstić information content (AvgIpc) is 3.21. The Morgan fingerprint density at radius 2 is 1.21 bits per heavy atom. The maximum atomic E-state index is 13.9. The number of carboxylic acids is 1. The van der Waals surface area contributed by atoms with Crippen LogP contribution in [0.5, 0.6) is 0 Å². The van der Waals surface area contributed by atoms with Crippen molar-refractivity contribution in [1.82, 2.24) is 26.6 Å². The molecule has 0 aliphatic heterocycles. The number of carboxylic acid groups (broad SMARTS) is 1. The van der Waals surface area contributed by atoms with E-state index in [9.17, 15) is 38.4 Å². The molecule has 0 spiro atoms. The Balaban J connectivity index is 1.64. The maximum absolute atomic E-state index is 13.9. The van der Waals surface area contributed by atoms with E-state index in [1.165, 1.54) is 0 Å². The van der Waals surface area contributed by atoms with Gasteiger partial charge in [-0.05, 0) is 142 Å². The van der Waals surface area contributed by atoms with Crippen molar-refractivity contribution in [2.24, 2.45) is 11.8 Å². The standard InChI is InChI=1S/C50H75N5O12/c1-48(2,3)65-42(59)27-26-38(46(63)67-50(7,8)9)55-47(64)54-37(45(62)66-49(4,5)6)17-12-13-28-51-44(61)39(30-33-22-23-34-15-10-11-16-36(34)29-33)53-43(60)35-24-20-32(21-25-35)31-52-40(56)18-14-19-41(57)58/h10-11,15-16,22-23,29,32,35,37-39H,12-14,17-21,24-28,30-31H2,1-9H3,(H,51,61)(H,52,56)(H,53,60)(H,57,58)(H2,54,55,64)/t32?,35?,37-,38-,39-/m0/s1. The van der Waals surface area contributed by atoms with E-state index in [4.69, 9.17) is 19.3 Å². The lowest BCUT2D eigenvalue weighted by Crippen LogP contribution is -2.53. The number of benzene rings is 2. The molecule has 3 atom stereocenters. The highest BCUT2D eigenvalue weighted by Gasteiger charge is 2.33. The van der Waals surface area contributed by atoms with Gasteiger partial charge in [0.1, 0.15) is 34.9 Å². The first kappa shape index (κ1) is 55.6. The molecule has 0 saturated heterocycles. The van der Waals surface area contributed by atoms with Gasteiger partial charge in [0.25, 0.3) is 0 Å². The van der Waals surface area contributed by atoms with E-state index in [1.54, 1.807) is 62.3 Å².